The Morgan fingerprint density at radius 3 is 3.00 bits per heavy atom. The van der Waals surface area contributed by atoms with Crippen LogP contribution in [0.5, 0.6) is 5.88 Å². The molecule has 0 amide bonds. The molecule has 0 aromatic carbocycles. The molecule has 0 aliphatic heterocycles. The van der Waals surface area contributed by atoms with Crippen LogP contribution in [0, 0.1) is 0 Å². The third-order valence-corrected chi connectivity index (χ3v) is 2.25. The van der Waals surface area contributed by atoms with Crippen LogP contribution < -0.4 is 4.74 Å². The number of carboxylic acid groups (broad SMARTS) is 1. The van der Waals surface area contributed by atoms with Gasteiger partial charge < -0.3 is 14.3 Å². The number of rotatable bonds is 4. The SMILES string of the molecule is COc1nncc(Cc2ccco2)c1C(=O)O. The van der Waals surface area contributed by atoms with Crippen molar-refractivity contribution < 1.29 is 19.1 Å². The highest BCUT2D eigenvalue weighted by Gasteiger charge is 2.19. The molecule has 0 bridgehead atoms. The van der Waals surface area contributed by atoms with E-state index in [1.54, 1.807) is 12.1 Å². The summed E-state index contributed by atoms with van der Waals surface area (Å²) in [6.07, 6.45) is 3.26. The van der Waals surface area contributed by atoms with Gasteiger partial charge in [0.05, 0.1) is 19.6 Å². The number of methoxy groups -OCH3 is 1. The van der Waals surface area contributed by atoms with E-state index in [1.165, 1.54) is 19.6 Å². The van der Waals surface area contributed by atoms with Crippen LogP contribution in [0.2, 0.25) is 0 Å². The fourth-order valence-electron chi connectivity index (χ4n) is 1.51. The lowest BCUT2D eigenvalue weighted by Crippen LogP contribution is -2.08. The number of hydrogen-bond donors (Lipinski definition) is 1. The molecule has 2 heterocycles. The highest BCUT2D eigenvalue weighted by molar-refractivity contribution is 5.91. The lowest BCUT2D eigenvalue weighted by molar-refractivity contribution is 0.0691. The molecule has 0 unspecified atom stereocenters. The van der Waals surface area contributed by atoms with Crippen LogP contribution in [0.1, 0.15) is 21.7 Å². The number of aromatic carboxylic acids is 1. The molecule has 0 spiro atoms. The molecule has 1 N–H and O–H groups in total. The Labute approximate surface area is 96.9 Å². The van der Waals surface area contributed by atoms with E-state index < -0.39 is 5.97 Å². The molecule has 88 valence electrons. The number of aromatic nitrogens is 2. The summed E-state index contributed by atoms with van der Waals surface area (Å²) in [6.45, 7) is 0. The largest absolute Gasteiger partial charge is 0.479 e. The topological polar surface area (TPSA) is 85.5 Å². The van der Waals surface area contributed by atoms with Crippen LogP contribution in [-0.4, -0.2) is 28.4 Å². The van der Waals surface area contributed by atoms with Crippen molar-refractivity contribution >= 4 is 5.97 Å². The highest BCUT2D eigenvalue weighted by Crippen LogP contribution is 2.21. The predicted molar refractivity (Wildman–Crippen MR) is 57.1 cm³/mol. The van der Waals surface area contributed by atoms with Gasteiger partial charge in [0.15, 0.2) is 0 Å². The van der Waals surface area contributed by atoms with Crippen molar-refractivity contribution in [2.24, 2.45) is 0 Å². The van der Waals surface area contributed by atoms with Gasteiger partial charge in [0.2, 0.25) is 5.88 Å². The summed E-state index contributed by atoms with van der Waals surface area (Å²) in [5.41, 5.74) is 0.512. The van der Waals surface area contributed by atoms with Gasteiger partial charge in [-0.1, -0.05) is 0 Å². The minimum Gasteiger partial charge on any atom is -0.479 e. The van der Waals surface area contributed by atoms with E-state index in [-0.39, 0.29) is 11.4 Å². The van der Waals surface area contributed by atoms with Crippen LogP contribution in [-0.2, 0) is 6.42 Å². The number of carbonyl (C=O) groups is 1. The number of nitrogens with zero attached hydrogens (tertiary/aromatic N) is 2. The number of carboxylic acids is 1. The Balaban J connectivity index is 2.42. The zero-order chi connectivity index (χ0) is 12.3. The first-order valence-electron chi connectivity index (χ1n) is 4.86. The molecule has 0 atom stereocenters. The average Bonchev–Trinajstić information content (AvgIpc) is 2.81. The van der Waals surface area contributed by atoms with E-state index in [2.05, 4.69) is 10.2 Å². The summed E-state index contributed by atoms with van der Waals surface area (Å²) in [7, 11) is 1.35. The minimum atomic E-state index is -1.10. The third-order valence-electron chi connectivity index (χ3n) is 2.25. The quantitative estimate of drug-likeness (QED) is 0.859. The zero-order valence-electron chi connectivity index (χ0n) is 9.08. The average molecular weight is 234 g/mol. The minimum absolute atomic E-state index is 0.00144. The summed E-state index contributed by atoms with van der Waals surface area (Å²) in [4.78, 5) is 11.2. The highest BCUT2D eigenvalue weighted by atomic mass is 16.5. The molecule has 17 heavy (non-hydrogen) atoms. The molecule has 0 aliphatic rings. The number of hydrogen-bond acceptors (Lipinski definition) is 5. The Kier molecular flexibility index (Phi) is 3.04. The first-order valence-corrected chi connectivity index (χ1v) is 4.86. The summed E-state index contributed by atoms with van der Waals surface area (Å²) in [5.74, 6) is -0.442. The van der Waals surface area contributed by atoms with Crippen LogP contribution in [0.3, 0.4) is 0 Å². The van der Waals surface area contributed by atoms with E-state index in [9.17, 15) is 4.79 Å². The van der Waals surface area contributed by atoms with Crippen LogP contribution in [0.4, 0.5) is 0 Å². The first kappa shape index (κ1) is 11.1. The third kappa shape index (κ3) is 2.25. The van der Waals surface area contributed by atoms with E-state index in [4.69, 9.17) is 14.3 Å². The van der Waals surface area contributed by atoms with Gasteiger partial charge in [-0.05, 0) is 17.7 Å². The lowest BCUT2D eigenvalue weighted by Gasteiger charge is -2.06. The van der Waals surface area contributed by atoms with Crippen LogP contribution in [0.15, 0.2) is 29.0 Å². The molecule has 0 aliphatic carbocycles. The molecule has 0 saturated carbocycles. The molecule has 0 saturated heterocycles. The summed E-state index contributed by atoms with van der Waals surface area (Å²) < 4.78 is 10.0. The van der Waals surface area contributed by atoms with Gasteiger partial charge >= 0.3 is 5.97 Å². The van der Waals surface area contributed by atoms with Crippen molar-refractivity contribution in [2.45, 2.75) is 6.42 Å². The predicted octanol–water partition coefficient (Wildman–Crippen LogP) is 1.37. The molecule has 0 radical (unpaired) electrons. The summed E-state index contributed by atoms with van der Waals surface area (Å²) in [5, 5.41) is 16.5. The van der Waals surface area contributed by atoms with Crippen molar-refractivity contribution in [3.63, 3.8) is 0 Å². The van der Waals surface area contributed by atoms with E-state index >= 15 is 0 Å². The number of ether oxygens (including phenoxy) is 1. The Morgan fingerprint density at radius 1 is 1.59 bits per heavy atom. The van der Waals surface area contributed by atoms with Crippen molar-refractivity contribution in [3.8, 4) is 5.88 Å². The molecule has 2 aromatic heterocycles. The van der Waals surface area contributed by atoms with Gasteiger partial charge in [-0.25, -0.2) is 4.79 Å². The van der Waals surface area contributed by atoms with Crippen LogP contribution >= 0.6 is 0 Å². The second kappa shape index (κ2) is 4.65. The maximum atomic E-state index is 11.2. The van der Waals surface area contributed by atoms with Crippen molar-refractivity contribution in [1.82, 2.24) is 10.2 Å². The molecule has 6 heteroatoms. The molecule has 6 nitrogen and oxygen atoms in total. The Hall–Kier alpha value is -2.37. The molecular formula is C11H10N2O4. The smallest absolute Gasteiger partial charge is 0.341 e. The van der Waals surface area contributed by atoms with Gasteiger partial charge in [0.25, 0.3) is 0 Å². The fraction of sp³-hybridized carbons (Fsp3) is 0.182. The molecular weight excluding hydrogens is 224 g/mol. The number of furan rings is 1. The van der Waals surface area contributed by atoms with Crippen LogP contribution in [0.25, 0.3) is 0 Å². The normalized spacial score (nSPS) is 10.2. The van der Waals surface area contributed by atoms with Gasteiger partial charge in [-0.2, -0.15) is 5.10 Å². The Morgan fingerprint density at radius 2 is 2.41 bits per heavy atom. The lowest BCUT2D eigenvalue weighted by atomic mass is 10.1. The van der Waals surface area contributed by atoms with Gasteiger partial charge in [0.1, 0.15) is 11.3 Å². The molecule has 2 aromatic rings. The van der Waals surface area contributed by atoms with Crippen molar-refractivity contribution in [3.05, 3.63) is 41.5 Å². The van der Waals surface area contributed by atoms with E-state index in [0.717, 1.165) is 0 Å². The summed E-state index contributed by atoms with van der Waals surface area (Å²) in [6, 6.07) is 3.50. The fourth-order valence-corrected chi connectivity index (χ4v) is 1.51. The maximum absolute atomic E-state index is 11.2. The second-order valence-corrected chi connectivity index (χ2v) is 3.32. The standard InChI is InChI=1S/C11H10N2O4/c1-16-10-9(11(14)15)7(6-12-13-10)5-8-3-2-4-17-8/h2-4,6H,5H2,1H3,(H,14,15). The zero-order valence-corrected chi connectivity index (χ0v) is 9.08. The van der Waals surface area contributed by atoms with Crippen molar-refractivity contribution in [1.29, 1.82) is 0 Å². The van der Waals surface area contributed by atoms with E-state index in [0.29, 0.717) is 17.7 Å². The monoisotopic (exact) mass is 234 g/mol. The second-order valence-electron chi connectivity index (χ2n) is 3.32. The molecule has 0 fully saturated rings. The first-order chi connectivity index (χ1) is 8.22. The van der Waals surface area contributed by atoms with Crippen molar-refractivity contribution in [2.75, 3.05) is 7.11 Å². The maximum Gasteiger partial charge on any atom is 0.341 e. The Bertz CT molecular complexity index is 522. The summed E-state index contributed by atoms with van der Waals surface area (Å²) >= 11 is 0. The van der Waals surface area contributed by atoms with Gasteiger partial charge in [-0.15, -0.1) is 5.10 Å². The van der Waals surface area contributed by atoms with Gasteiger partial charge in [0, 0.05) is 6.42 Å². The van der Waals surface area contributed by atoms with E-state index in [1.807, 2.05) is 0 Å². The molecule has 2 rings (SSSR count). The van der Waals surface area contributed by atoms with Gasteiger partial charge in [-0.3, -0.25) is 0 Å².